The summed E-state index contributed by atoms with van der Waals surface area (Å²) in [6.07, 6.45) is -3.92. The Kier molecular flexibility index (Phi) is 6.05. The predicted octanol–water partition coefficient (Wildman–Crippen LogP) is 4.22. The van der Waals surface area contributed by atoms with Gasteiger partial charge in [-0.15, -0.1) is 0 Å². The maximum atomic E-state index is 14.7. The molecule has 1 saturated heterocycles. The summed E-state index contributed by atoms with van der Waals surface area (Å²) in [7, 11) is 0. The fraction of sp³-hybridized carbons (Fsp3) is 0.375. The van der Waals surface area contributed by atoms with Crippen molar-refractivity contribution < 1.29 is 36.2 Å². The van der Waals surface area contributed by atoms with Crippen molar-refractivity contribution in [1.82, 2.24) is 14.5 Å². The smallest absolute Gasteiger partial charge is 0.433 e. The Morgan fingerprint density at radius 3 is 2.62 bits per heavy atom. The molecular weight excluding hydrogens is 503 g/mol. The minimum absolute atomic E-state index is 0.0320. The summed E-state index contributed by atoms with van der Waals surface area (Å²) in [6.45, 7) is 5.37. The third kappa shape index (κ3) is 4.59. The Morgan fingerprint density at radius 1 is 1.19 bits per heavy atom. The summed E-state index contributed by atoms with van der Waals surface area (Å²) in [5.41, 5.74) is -1.51. The summed E-state index contributed by atoms with van der Waals surface area (Å²) in [5.74, 6) is -2.90. The number of alkyl halides is 3. The first kappa shape index (κ1) is 24.9. The molecule has 0 N–H and O–H groups in total. The Balaban J connectivity index is 1.36. The molecule has 0 aliphatic carbocycles. The molecule has 2 aromatic heterocycles. The first-order valence-electron chi connectivity index (χ1n) is 11.2. The quantitative estimate of drug-likeness (QED) is 0.463. The number of pyridine rings is 1. The van der Waals surface area contributed by atoms with Gasteiger partial charge in [0.05, 0.1) is 30.9 Å². The van der Waals surface area contributed by atoms with Crippen LogP contribution in [0.4, 0.5) is 27.8 Å². The average molecular weight is 524 g/mol. The van der Waals surface area contributed by atoms with Gasteiger partial charge in [-0.1, -0.05) is 0 Å². The van der Waals surface area contributed by atoms with Crippen LogP contribution in [-0.2, 0) is 24.1 Å². The Labute approximate surface area is 207 Å². The minimum Gasteiger partial charge on any atom is -0.472 e. The number of fused-ring (bicyclic) bond motifs is 3. The molecule has 8 nitrogen and oxygen atoms in total. The van der Waals surface area contributed by atoms with Crippen molar-refractivity contribution in [2.45, 2.75) is 38.7 Å². The molecule has 2 aliphatic rings. The normalized spacial score (nSPS) is 18.9. The molecule has 196 valence electrons. The predicted molar refractivity (Wildman–Crippen MR) is 120 cm³/mol. The number of ether oxygens (including phenoxy) is 3. The summed E-state index contributed by atoms with van der Waals surface area (Å²) < 4.78 is 85.7. The fourth-order valence-corrected chi connectivity index (χ4v) is 4.57. The molecule has 0 spiro atoms. The number of anilines is 1. The summed E-state index contributed by atoms with van der Waals surface area (Å²) in [5, 5.41) is 0. The van der Waals surface area contributed by atoms with E-state index in [1.165, 1.54) is 0 Å². The van der Waals surface area contributed by atoms with Crippen molar-refractivity contribution >= 4 is 5.82 Å². The first-order chi connectivity index (χ1) is 17.5. The van der Waals surface area contributed by atoms with Gasteiger partial charge in [0.25, 0.3) is 0 Å². The van der Waals surface area contributed by atoms with E-state index in [2.05, 4.69) is 14.9 Å². The van der Waals surface area contributed by atoms with Crippen LogP contribution in [0, 0.1) is 18.6 Å². The topological polar surface area (TPSA) is 78.7 Å². The third-order valence-electron chi connectivity index (χ3n) is 6.29. The van der Waals surface area contributed by atoms with E-state index in [0.717, 1.165) is 24.4 Å². The molecular formula is C24H21F5N4O4. The first-order valence-corrected chi connectivity index (χ1v) is 11.2. The molecule has 3 aromatic rings. The number of hydrogen-bond acceptors (Lipinski definition) is 7. The van der Waals surface area contributed by atoms with Crippen LogP contribution in [0.15, 0.2) is 35.3 Å². The summed E-state index contributed by atoms with van der Waals surface area (Å²) in [6, 6.07) is 3.44. The second-order valence-corrected chi connectivity index (χ2v) is 9.09. The molecule has 0 unspecified atom stereocenters. The van der Waals surface area contributed by atoms with Crippen molar-refractivity contribution in [2.75, 3.05) is 24.7 Å². The third-order valence-corrected chi connectivity index (χ3v) is 6.29. The molecule has 4 heterocycles. The molecule has 1 aromatic carbocycles. The molecule has 0 saturated carbocycles. The lowest BCUT2D eigenvalue weighted by Gasteiger charge is -2.40. The standard InChI is InChI=1S/C24H21F5N4O4/c1-13-20(31-22(34)32-11-23(2)12-35-6-5-33(23)21(13)32)36-10-14-7-16(25)19(17(26)8-14)37-15-3-4-30-18(9-15)24(27,28)29/h3-4,7-9H,5-6,10-12H2,1-2H3/t23-/m1/s1. The van der Waals surface area contributed by atoms with Crippen molar-refractivity contribution in [3.8, 4) is 17.4 Å². The van der Waals surface area contributed by atoms with E-state index in [0.29, 0.717) is 43.8 Å². The van der Waals surface area contributed by atoms with Gasteiger partial charge in [-0.2, -0.15) is 18.2 Å². The van der Waals surface area contributed by atoms with Crippen LogP contribution in [0.25, 0.3) is 0 Å². The van der Waals surface area contributed by atoms with E-state index in [4.69, 9.17) is 14.2 Å². The van der Waals surface area contributed by atoms with Crippen molar-refractivity contribution in [3.05, 3.63) is 69.4 Å². The highest BCUT2D eigenvalue weighted by molar-refractivity contribution is 5.57. The summed E-state index contributed by atoms with van der Waals surface area (Å²) >= 11 is 0. The van der Waals surface area contributed by atoms with Gasteiger partial charge >= 0.3 is 11.9 Å². The van der Waals surface area contributed by atoms with Gasteiger partial charge in [0.1, 0.15) is 23.9 Å². The van der Waals surface area contributed by atoms with Crippen LogP contribution in [0.1, 0.15) is 23.7 Å². The minimum atomic E-state index is -4.75. The van der Waals surface area contributed by atoms with Gasteiger partial charge in [-0.25, -0.2) is 13.6 Å². The van der Waals surface area contributed by atoms with Crippen molar-refractivity contribution in [3.63, 3.8) is 0 Å². The van der Waals surface area contributed by atoms with Crippen molar-refractivity contribution in [2.24, 2.45) is 0 Å². The number of benzene rings is 1. The SMILES string of the molecule is Cc1c(OCc2cc(F)c(Oc3ccnc(C(F)(F)F)c3)c(F)c2)nc(=O)n2c1N1CCOC[C@@]1(C)C2. The second kappa shape index (κ2) is 8.98. The van der Waals surface area contributed by atoms with Gasteiger partial charge in [0, 0.05) is 18.8 Å². The zero-order valence-electron chi connectivity index (χ0n) is 19.7. The molecule has 1 fully saturated rings. The highest BCUT2D eigenvalue weighted by Crippen LogP contribution is 2.39. The number of nitrogens with zero attached hydrogens (tertiary/aromatic N) is 4. The van der Waals surface area contributed by atoms with E-state index in [-0.39, 0.29) is 18.1 Å². The van der Waals surface area contributed by atoms with Crippen LogP contribution < -0.4 is 20.1 Å². The number of aromatic nitrogens is 3. The Bertz CT molecular complexity index is 1400. The van der Waals surface area contributed by atoms with Crippen LogP contribution >= 0.6 is 0 Å². The van der Waals surface area contributed by atoms with E-state index >= 15 is 0 Å². The molecule has 37 heavy (non-hydrogen) atoms. The summed E-state index contributed by atoms with van der Waals surface area (Å²) in [4.78, 5) is 21.9. The number of hydrogen-bond donors (Lipinski definition) is 0. The number of morpholine rings is 1. The average Bonchev–Trinajstić information content (AvgIpc) is 3.16. The highest BCUT2D eigenvalue weighted by Gasteiger charge is 2.44. The molecule has 13 heteroatoms. The lowest BCUT2D eigenvalue weighted by Crippen LogP contribution is -2.53. The monoisotopic (exact) mass is 524 g/mol. The molecule has 1 atom stereocenters. The van der Waals surface area contributed by atoms with Crippen LogP contribution in [0.3, 0.4) is 0 Å². The fourth-order valence-electron chi connectivity index (χ4n) is 4.57. The van der Waals surface area contributed by atoms with E-state index < -0.39 is 46.2 Å². The Morgan fingerprint density at radius 2 is 1.92 bits per heavy atom. The van der Waals surface area contributed by atoms with Crippen LogP contribution in [0.5, 0.6) is 17.4 Å². The van der Waals surface area contributed by atoms with E-state index in [1.807, 2.05) is 6.92 Å². The largest absolute Gasteiger partial charge is 0.472 e. The van der Waals surface area contributed by atoms with E-state index in [9.17, 15) is 26.7 Å². The molecule has 0 bridgehead atoms. The number of rotatable bonds is 5. The van der Waals surface area contributed by atoms with Crippen LogP contribution in [-0.4, -0.2) is 39.8 Å². The maximum absolute atomic E-state index is 14.7. The molecule has 0 radical (unpaired) electrons. The van der Waals surface area contributed by atoms with Crippen molar-refractivity contribution in [1.29, 1.82) is 0 Å². The van der Waals surface area contributed by atoms with E-state index in [1.54, 1.807) is 11.5 Å². The second-order valence-electron chi connectivity index (χ2n) is 9.09. The van der Waals surface area contributed by atoms with Gasteiger partial charge in [-0.05, 0) is 37.6 Å². The van der Waals surface area contributed by atoms with Gasteiger partial charge < -0.3 is 19.1 Å². The van der Waals surface area contributed by atoms with Gasteiger partial charge in [0.2, 0.25) is 5.88 Å². The van der Waals surface area contributed by atoms with Crippen LogP contribution in [0.2, 0.25) is 0 Å². The zero-order chi connectivity index (χ0) is 26.5. The van der Waals surface area contributed by atoms with Gasteiger partial charge in [-0.3, -0.25) is 9.55 Å². The zero-order valence-corrected chi connectivity index (χ0v) is 19.7. The Hall–Kier alpha value is -3.74. The highest BCUT2D eigenvalue weighted by atomic mass is 19.4. The van der Waals surface area contributed by atoms with Gasteiger partial charge in [0.15, 0.2) is 17.4 Å². The number of halogens is 5. The lowest BCUT2D eigenvalue weighted by molar-refractivity contribution is -0.141. The molecule has 0 amide bonds. The maximum Gasteiger partial charge on any atom is 0.433 e. The lowest BCUT2D eigenvalue weighted by atomic mass is 10.0. The molecule has 5 rings (SSSR count). The molecule has 2 aliphatic heterocycles.